The van der Waals surface area contributed by atoms with E-state index in [4.69, 9.17) is 18.9 Å². The van der Waals surface area contributed by atoms with Crippen LogP contribution in [0.15, 0.2) is 0 Å². The quantitative estimate of drug-likeness (QED) is 0.453. The first kappa shape index (κ1) is 26.0. The fourth-order valence-corrected chi connectivity index (χ4v) is 9.65. The molecule has 8 nitrogen and oxygen atoms in total. The van der Waals surface area contributed by atoms with Crippen LogP contribution in [0.4, 0.5) is 0 Å². The summed E-state index contributed by atoms with van der Waals surface area (Å²) in [5, 5.41) is 10.3. The van der Waals surface area contributed by atoms with Crippen molar-refractivity contribution < 1.29 is 38.4 Å². The lowest BCUT2D eigenvalue weighted by molar-refractivity contribution is -0.252. The van der Waals surface area contributed by atoms with Crippen molar-refractivity contribution in [3.8, 4) is 0 Å². The van der Waals surface area contributed by atoms with Gasteiger partial charge in [0.25, 0.3) is 0 Å². The first-order chi connectivity index (χ1) is 16.9. The number of aliphatic hydroxyl groups excluding tert-OH is 1. The summed E-state index contributed by atoms with van der Waals surface area (Å²) in [7, 11) is 0. The van der Waals surface area contributed by atoms with Gasteiger partial charge in [0, 0.05) is 44.4 Å². The molecule has 1 heterocycles. The van der Waals surface area contributed by atoms with Crippen molar-refractivity contribution in [1.82, 2.24) is 0 Å². The van der Waals surface area contributed by atoms with Gasteiger partial charge in [-0.05, 0) is 68.6 Å². The van der Waals surface area contributed by atoms with Crippen LogP contribution in [0, 0.1) is 34.5 Å². The summed E-state index contributed by atoms with van der Waals surface area (Å²) in [6, 6.07) is 0. The van der Waals surface area contributed by atoms with Gasteiger partial charge in [0.1, 0.15) is 18.3 Å². The summed E-state index contributed by atoms with van der Waals surface area (Å²) in [5.74, 6) is -0.395. The summed E-state index contributed by atoms with van der Waals surface area (Å²) in [4.78, 5) is 36.4. The molecule has 5 aliphatic rings. The van der Waals surface area contributed by atoms with Crippen LogP contribution in [0.5, 0.6) is 0 Å². The van der Waals surface area contributed by atoms with Crippen LogP contribution in [-0.2, 0) is 33.3 Å². The summed E-state index contributed by atoms with van der Waals surface area (Å²) in [6.45, 7) is 8.93. The maximum atomic E-state index is 12.4. The Hall–Kier alpha value is -1.67. The molecular formula is C28H42O8. The van der Waals surface area contributed by atoms with E-state index in [0.717, 1.165) is 38.5 Å². The van der Waals surface area contributed by atoms with Gasteiger partial charge in [-0.2, -0.15) is 0 Å². The molecular weight excluding hydrogens is 464 g/mol. The van der Waals surface area contributed by atoms with Crippen molar-refractivity contribution >= 4 is 17.9 Å². The topological polar surface area (TPSA) is 108 Å². The highest BCUT2D eigenvalue weighted by Crippen LogP contribution is 2.71. The van der Waals surface area contributed by atoms with Gasteiger partial charge in [-0.1, -0.05) is 13.8 Å². The third kappa shape index (κ3) is 3.98. The molecule has 4 aliphatic carbocycles. The lowest BCUT2D eigenvalue weighted by Gasteiger charge is -2.64. The molecule has 1 N–H and O–H groups in total. The molecule has 8 heteroatoms. The monoisotopic (exact) mass is 506 g/mol. The average molecular weight is 507 g/mol. The first-order valence-corrected chi connectivity index (χ1v) is 13.8. The van der Waals surface area contributed by atoms with Crippen LogP contribution < -0.4 is 0 Å². The van der Waals surface area contributed by atoms with E-state index in [1.54, 1.807) is 0 Å². The van der Waals surface area contributed by atoms with E-state index in [-0.39, 0.29) is 70.7 Å². The molecule has 7 unspecified atom stereocenters. The van der Waals surface area contributed by atoms with Gasteiger partial charge in [-0.15, -0.1) is 0 Å². The second-order valence-corrected chi connectivity index (χ2v) is 12.7. The molecule has 4 saturated carbocycles. The smallest absolute Gasteiger partial charge is 0.302 e. The van der Waals surface area contributed by atoms with Crippen LogP contribution in [0.2, 0.25) is 0 Å². The number of hydrogen-bond donors (Lipinski definition) is 1. The number of rotatable bonds is 3. The fraction of sp³-hybridized carbons (Fsp3) is 0.893. The van der Waals surface area contributed by atoms with Gasteiger partial charge in [0.2, 0.25) is 0 Å². The van der Waals surface area contributed by atoms with Crippen LogP contribution in [0.1, 0.15) is 92.4 Å². The third-order valence-electron chi connectivity index (χ3n) is 10.9. The molecule has 0 radical (unpaired) electrons. The molecule has 5 fully saturated rings. The minimum Gasteiger partial charge on any atom is -0.463 e. The molecule has 0 amide bonds. The number of ether oxygens (including phenoxy) is 4. The Balaban J connectivity index is 1.56. The molecule has 1 spiro atoms. The van der Waals surface area contributed by atoms with Gasteiger partial charge < -0.3 is 24.1 Å². The molecule has 36 heavy (non-hydrogen) atoms. The van der Waals surface area contributed by atoms with Crippen LogP contribution >= 0.6 is 0 Å². The largest absolute Gasteiger partial charge is 0.463 e. The number of carbonyl (C=O) groups excluding carboxylic acids is 3. The average Bonchev–Trinajstić information content (AvgIpc) is 3.27. The molecule has 1 aliphatic heterocycles. The van der Waals surface area contributed by atoms with Crippen molar-refractivity contribution in [2.75, 3.05) is 0 Å². The molecule has 0 aromatic rings. The van der Waals surface area contributed by atoms with Crippen molar-refractivity contribution in [2.45, 2.75) is 123 Å². The molecule has 0 aromatic heterocycles. The SMILES string of the molecule is CC(=O)O[C@H]1CC[C@@]2(C)C(C1)C[C@H](OC(C)=O)C1C3CCC4(CCC(O)O4)C3(C)C[C@@H](OC(C)=O)C12. The fourth-order valence-electron chi connectivity index (χ4n) is 9.65. The molecule has 1 saturated heterocycles. The molecule has 11 atom stereocenters. The van der Waals surface area contributed by atoms with E-state index in [1.165, 1.54) is 20.8 Å². The summed E-state index contributed by atoms with van der Waals surface area (Å²) in [6.07, 6.45) is 5.41. The second-order valence-electron chi connectivity index (χ2n) is 12.7. The highest BCUT2D eigenvalue weighted by Gasteiger charge is 2.71. The van der Waals surface area contributed by atoms with E-state index in [0.29, 0.717) is 19.3 Å². The number of esters is 3. The molecule has 0 bridgehead atoms. The van der Waals surface area contributed by atoms with Crippen molar-refractivity contribution in [1.29, 1.82) is 0 Å². The molecule has 5 rings (SSSR count). The first-order valence-electron chi connectivity index (χ1n) is 13.8. The van der Waals surface area contributed by atoms with E-state index >= 15 is 0 Å². The van der Waals surface area contributed by atoms with Gasteiger partial charge in [-0.3, -0.25) is 14.4 Å². The van der Waals surface area contributed by atoms with Gasteiger partial charge in [-0.25, -0.2) is 0 Å². The predicted octanol–water partition coefficient (Wildman–Crippen LogP) is 3.91. The van der Waals surface area contributed by atoms with Crippen LogP contribution in [0.25, 0.3) is 0 Å². The van der Waals surface area contributed by atoms with E-state index in [2.05, 4.69) is 13.8 Å². The number of fused-ring (bicyclic) bond motifs is 6. The standard InChI is InChI=1S/C28H42O8/c1-15(29)33-19-6-9-26(4)18(12-19)13-21(34-16(2)30)24-20-7-10-28(11-8-23(32)36-28)27(20,5)14-22(25(24)26)35-17(3)31/h18-25,32H,6-14H2,1-5H3/t18?,19-,20?,21-,22+,23?,24?,25?,26-,27?,28?/m0/s1. The summed E-state index contributed by atoms with van der Waals surface area (Å²) >= 11 is 0. The van der Waals surface area contributed by atoms with E-state index < -0.39 is 11.9 Å². The van der Waals surface area contributed by atoms with E-state index in [1.807, 2.05) is 0 Å². The molecule has 202 valence electrons. The lowest BCUT2D eigenvalue weighted by atomic mass is 9.42. The Morgan fingerprint density at radius 2 is 1.47 bits per heavy atom. The predicted molar refractivity (Wildman–Crippen MR) is 128 cm³/mol. The van der Waals surface area contributed by atoms with Crippen LogP contribution in [-0.4, -0.2) is 53.2 Å². The van der Waals surface area contributed by atoms with Crippen molar-refractivity contribution in [3.63, 3.8) is 0 Å². The Kier molecular flexibility index (Phi) is 6.47. The van der Waals surface area contributed by atoms with Crippen LogP contribution in [0.3, 0.4) is 0 Å². The summed E-state index contributed by atoms with van der Waals surface area (Å²) in [5.41, 5.74) is -0.889. The number of hydrogen-bond acceptors (Lipinski definition) is 8. The minimum atomic E-state index is -0.764. The van der Waals surface area contributed by atoms with E-state index in [9.17, 15) is 19.5 Å². The van der Waals surface area contributed by atoms with Crippen molar-refractivity contribution in [3.05, 3.63) is 0 Å². The van der Waals surface area contributed by atoms with Gasteiger partial charge in [0.05, 0.1) is 5.60 Å². The zero-order valence-corrected chi connectivity index (χ0v) is 22.3. The highest BCUT2D eigenvalue weighted by atomic mass is 16.6. The zero-order valence-electron chi connectivity index (χ0n) is 22.3. The number of carbonyl (C=O) groups is 3. The van der Waals surface area contributed by atoms with Crippen molar-refractivity contribution in [2.24, 2.45) is 34.5 Å². The normalized spacial score (nSPS) is 49.5. The molecule has 0 aromatic carbocycles. The Labute approximate surface area is 213 Å². The third-order valence-corrected chi connectivity index (χ3v) is 10.9. The van der Waals surface area contributed by atoms with Gasteiger partial charge >= 0.3 is 17.9 Å². The van der Waals surface area contributed by atoms with Gasteiger partial charge in [0.15, 0.2) is 6.29 Å². The Morgan fingerprint density at radius 3 is 2.08 bits per heavy atom. The lowest BCUT2D eigenvalue weighted by Crippen LogP contribution is -2.65. The zero-order chi connectivity index (χ0) is 26.0. The summed E-state index contributed by atoms with van der Waals surface area (Å²) < 4.78 is 24.1. The second kappa shape index (κ2) is 8.97. The Bertz CT molecular complexity index is 919. The maximum absolute atomic E-state index is 12.4. The minimum absolute atomic E-state index is 0.0299. The number of aliphatic hydroxyl groups is 1. The maximum Gasteiger partial charge on any atom is 0.302 e. The highest BCUT2D eigenvalue weighted by molar-refractivity contribution is 5.67. The Morgan fingerprint density at radius 1 is 0.833 bits per heavy atom.